The SMILES string of the molecule is CC(=O)c1cc(NCCC(=O)NC2CC2)ccc1N. The van der Waals surface area contributed by atoms with Gasteiger partial charge in [0.15, 0.2) is 5.78 Å². The Morgan fingerprint density at radius 3 is 2.74 bits per heavy atom. The second-order valence-electron chi connectivity index (χ2n) is 4.88. The van der Waals surface area contributed by atoms with Gasteiger partial charge in [-0.2, -0.15) is 0 Å². The first kappa shape index (κ1) is 13.4. The maximum absolute atomic E-state index is 11.5. The number of ketones is 1. The molecule has 1 aliphatic carbocycles. The smallest absolute Gasteiger partial charge is 0.221 e. The summed E-state index contributed by atoms with van der Waals surface area (Å²) < 4.78 is 0. The first-order chi connectivity index (χ1) is 9.06. The van der Waals surface area contributed by atoms with E-state index in [4.69, 9.17) is 5.73 Å². The van der Waals surface area contributed by atoms with E-state index in [1.807, 2.05) is 0 Å². The Hall–Kier alpha value is -2.04. The quantitative estimate of drug-likeness (QED) is 0.536. The van der Waals surface area contributed by atoms with Crippen LogP contribution in [0.4, 0.5) is 11.4 Å². The molecule has 102 valence electrons. The molecule has 2 rings (SSSR count). The number of amides is 1. The standard InChI is InChI=1S/C14H19N3O2/c1-9(18)12-8-11(4-5-13(12)15)16-7-6-14(19)17-10-2-3-10/h4-5,8,10,16H,2-3,6-7,15H2,1H3,(H,17,19). The van der Waals surface area contributed by atoms with Crippen molar-refractivity contribution in [1.82, 2.24) is 5.32 Å². The van der Waals surface area contributed by atoms with Gasteiger partial charge in [-0.3, -0.25) is 9.59 Å². The molecule has 0 atom stereocenters. The van der Waals surface area contributed by atoms with Gasteiger partial charge < -0.3 is 16.4 Å². The Balaban J connectivity index is 1.83. The van der Waals surface area contributed by atoms with Gasteiger partial charge in [-0.05, 0) is 38.0 Å². The molecule has 0 aromatic heterocycles. The molecule has 5 nitrogen and oxygen atoms in total. The average Bonchev–Trinajstić information content (AvgIpc) is 3.14. The fourth-order valence-corrected chi connectivity index (χ4v) is 1.82. The summed E-state index contributed by atoms with van der Waals surface area (Å²) in [4.78, 5) is 22.8. The topological polar surface area (TPSA) is 84.2 Å². The fraction of sp³-hybridized carbons (Fsp3) is 0.429. The number of anilines is 2. The zero-order chi connectivity index (χ0) is 13.8. The van der Waals surface area contributed by atoms with Crippen LogP contribution < -0.4 is 16.4 Å². The second kappa shape index (κ2) is 5.73. The zero-order valence-corrected chi connectivity index (χ0v) is 11.0. The lowest BCUT2D eigenvalue weighted by Gasteiger charge is -2.09. The number of nitrogens with one attached hydrogen (secondary N) is 2. The van der Waals surface area contributed by atoms with Crippen LogP contribution in [-0.2, 0) is 4.79 Å². The molecule has 1 amide bonds. The lowest BCUT2D eigenvalue weighted by Crippen LogP contribution is -2.27. The summed E-state index contributed by atoms with van der Waals surface area (Å²) in [6.45, 7) is 2.03. The third kappa shape index (κ3) is 3.98. The van der Waals surface area contributed by atoms with Gasteiger partial charge in [-0.25, -0.2) is 0 Å². The van der Waals surface area contributed by atoms with Crippen molar-refractivity contribution in [3.63, 3.8) is 0 Å². The highest BCUT2D eigenvalue weighted by molar-refractivity contribution is 6.00. The second-order valence-corrected chi connectivity index (χ2v) is 4.88. The minimum atomic E-state index is -0.0624. The van der Waals surface area contributed by atoms with Gasteiger partial charge in [-0.15, -0.1) is 0 Å². The van der Waals surface area contributed by atoms with Crippen LogP contribution in [0.1, 0.15) is 36.5 Å². The van der Waals surface area contributed by atoms with E-state index in [2.05, 4.69) is 10.6 Å². The molecule has 1 aliphatic rings. The maximum atomic E-state index is 11.5. The van der Waals surface area contributed by atoms with Crippen molar-refractivity contribution >= 4 is 23.1 Å². The van der Waals surface area contributed by atoms with E-state index in [1.165, 1.54) is 6.92 Å². The zero-order valence-electron chi connectivity index (χ0n) is 11.0. The Morgan fingerprint density at radius 1 is 1.37 bits per heavy atom. The van der Waals surface area contributed by atoms with Gasteiger partial charge in [-0.1, -0.05) is 0 Å². The average molecular weight is 261 g/mol. The largest absolute Gasteiger partial charge is 0.398 e. The van der Waals surface area contributed by atoms with Crippen LogP contribution in [0.2, 0.25) is 0 Å². The number of carbonyl (C=O) groups excluding carboxylic acids is 2. The summed E-state index contributed by atoms with van der Waals surface area (Å²) in [5, 5.41) is 6.05. The molecule has 0 radical (unpaired) electrons. The van der Waals surface area contributed by atoms with E-state index in [0.29, 0.717) is 30.3 Å². The van der Waals surface area contributed by atoms with Gasteiger partial charge >= 0.3 is 0 Å². The van der Waals surface area contributed by atoms with Crippen molar-refractivity contribution < 1.29 is 9.59 Å². The third-order valence-corrected chi connectivity index (χ3v) is 3.06. The van der Waals surface area contributed by atoms with Crippen molar-refractivity contribution in [1.29, 1.82) is 0 Å². The molecule has 4 N–H and O–H groups in total. The molecule has 0 heterocycles. The predicted molar refractivity (Wildman–Crippen MR) is 75.1 cm³/mol. The number of hydrogen-bond acceptors (Lipinski definition) is 4. The van der Waals surface area contributed by atoms with E-state index < -0.39 is 0 Å². The number of nitrogen functional groups attached to an aromatic ring is 1. The monoisotopic (exact) mass is 261 g/mol. The van der Waals surface area contributed by atoms with Crippen molar-refractivity contribution in [3.8, 4) is 0 Å². The molecule has 0 bridgehead atoms. The predicted octanol–water partition coefficient (Wildman–Crippen LogP) is 1.55. The minimum absolute atomic E-state index is 0.0624. The van der Waals surface area contributed by atoms with E-state index in [9.17, 15) is 9.59 Å². The van der Waals surface area contributed by atoms with Gasteiger partial charge in [0, 0.05) is 35.9 Å². The number of hydrogen-bond donors (Lipinski definition) is 3. The van der Waals surface area contributed by atoms with Gasteiger partial charge in [0.2, 0.25) is 5.91 Å². The summed E-state index contributed by atoms with van der Waals surface area (Å²) in [7, 11) is 0. The highest BCUT2D eigenvalue weighted by Gasteiger charge is 2.22. The van der Waals surface area contributed by atoms with Crippen LogP contribution in [0, 0.1) is 0 Å². The molecule has 0 spiro atoms. The molecule has 5 heteroatoms. The molecule has 1 saturated carbocycles. The number of carbonyl (C=O) groups is 2. The molecule has 0 aliphatic heterocycles. The number of nitrogens with two attached hydrogens (primary N) is 1. The molecule has 19 heavy (non-hydrogen) atoms. The Bertz CT molecular complexity index is 495. The van der Waals surface area contributed by atoms with Gasteiger partial charge in [0.05, 0.1) is 0 Å². The Morgan fingerprint density at radius 2 is 2.11 bits per heavy atom. The Kier molecular flexibility index (Phi) is 4.04. The Labute approximate surface area is 112 Å². The van der Waals surface area contributed by atoms with Gasteiger partial charge in [0.1, 0.15) is 0 Å². The highest BCUT2D eigenvalue weighted by atomic mass is 16.1. The fourth-order valence-electron chi connectivity index (χ4n) is 1.82. The molecular formula is C14H19N3O2. The van der Waals surface area contributed by atoms with E-state index in [1.54, 1.807) is 18.2 Å². The third-order valence-electron chi connectivity index (χ3n) is 3.06. The van der Waals surface area contributed by atoms with Crippen LogP contribution in [-0.4, -0.2) is 24.3 Å². The van der Waals surface area contributed by atoms with Crippen molar-refractivity contribution in [2.45, 2.75) is 32.2 Å². The van der Waals surface area contributed by atoms with Crippen molar-refractivity contribution in [2.75, 3.05) is 17.6 Å². The minimum Gasteiger partial charge on any atom is -0.398 e. The number of Topliss-reactive ketones (excluding diaryl/α,β-unsaturated/α-hetero) is 1. The van der Waals surface area contributed by atoms with Crippen molar-refractivity contribution in [2.24, 2.45) is 0 Å². The summed E-state index contributed by atoms with van der Waals surface area (Å²) >= 11 is 0. The highest BCUT2D eigenvalue weighted by Crippen LogP contribution is 2.19. The lowest BCUT2D eigenvalue weighted by atomic mass is 10.1. The van der Waals surface area contributed by atoms with E-state index in [0.717, 1.165) is 18.5 Å². The number of rotatable bonds is 6. The van der Waals surface area contributed by atoms with E-state index >= 15 is 0 Å². The number of benzene rings is 1. The summed E-state index contributed by atoms with van der Waals surface area (Å²) in [6, 6.07) is 5.62. The van der Waals surface area contributed by atoms with E-state index in [-0.39, 0.29) is 11.7 Å². The van der Waals surface area contributed by atoms with Gasteiger partial charge in [0.25, 0.3) is 0 Å². The van der Waals surface area contributed by atoms with Crippen LogP contribution in [0.5, 0.6) is 0 Å². The van der Waals surface area contributed by atoms with Crippen LogP contribution in [0.15, 0.2) is 18.2 Å². The van der Waals surface area contributed by atoms with Crippen LogP contribution in [0.25, 0.3) is 0 Å². The molecular weight excluding hydrogens is 242 g/mol. The lowest BCUT2D eigenvalue weighted by molar-refractivity contribution is -0.120. The maximum Gasteiger partial charge on any atom is 0.221 e. The first-order valence-corrected chi connectivity index (χ1v) is 6.50. The molecule has 1 aromatic rings. The van der Waals surface area contributed by atoms with Crippen LogP contribution in [0.3, 0.4) is 0 Å². The molecule has 0 saturated heterocycles. The summed E-state index contributed by atoms with van der Waals surface area (Å²) in [6.07, 6.45) is 2.62. The normalized spacial score (nSPS) is 13.9. The molecule has 1 fully saturated rings. The molecule has 0 unspecified atom stereocenters. The summed E-state index contributed by atoms with van der Waals surface area (Å²) in [5.74, 6) is 0.00450. The summed E-state index contributed by atoms with van der Waals surface area (Å²) in [5.41, 5.74) is 7.50. The van der Waals surface area contributed by atoms with Crippen LogP contribution >= 0.6 is 0 Å². The molecule has 1 aromatic carbocycles. The first-order valence-electron chi connectivity index (χ1n) is 6.50. The van der Waals surface area contributed by atoms with Crippen molar-refractivity contribution in [3.05, 3.63) is 23.8 Å².